The molecule has 1 saturated heterocycles. The SMILES string of the molecule is COc1cc(O)c(C2C3=CCC4C(=O)N(c5ccc(C(C)=O)cc5)C(=O)C4C3CC3=C2C(=O)C=C(C)C3=O)c(OC)c1. The molecule has 0 aromatic heterocycles. The zero-order chi connectivity index (χ0) is 30.0. The van der Waals surface area contributed by atoms with Crippen LogP contribution in [-0.2, 0) is 19.2 Å². The molecule has 42 heavy (non-hydrogen) atoms. The van der Waals surface area contributed by atoms with Gasteiger partial charge in [-0.05, 0) is 62.9 Å². The van der Waals surface area contributed by atoms with Gasteiger partial charge in [-0.3, -0.25) is 28.9 Å². The van der Waals surface area contributed by atoms with Crippen molar-refractivity contribution in [3.05, 3.63) is 82.0 Å². The van der Waals surface area contributed by atoms with E-state index in [1.54, 1.807) is 37.3 Å². The summed E-state index contributed by atoms with van der Waals surface area (Å²) < 4.78 is 10.9. The summed E-state index contributed by atoms with van der Waals surface area (Å²) in [5.74, 6) is -3.95. The van der Waals surface area contributed by atoms with E-state index in [1.807, 2.05) is 6.08 Å². The molecular weight excluding hydrogens is 538 g/mol. The molecule has 1 heterocycles. The fourth-order valence-electron chi connectivity index (χ4n) is 6.98. The van der Waals surface area contributed by atoms with Crippen molar-refractivity contribution in [2.24, 2.45) is 17.8 Å². The molecule has 4 atom stereocenters. The highest BCUT2D eigenvalue weighted by molar-refractivity contribution is 6.25. The number of fused-ring (bicyclic) bond motifs is 3. The minimum atomic E-state index is -0.867. The Balaban J connectivity index is 1.50. The first kappa shape index (κ1) is 27.4. The molecular formula is C33H29NO8. The Bertz CT molecular complexity index is 1690. The highest BCUT2D eigenvalue weighted by Crippen LogP contribution is 2.58. The smallest absolute Gasteiger partial charge is 0.238 e. The summed E-state index contributed by atoms with van der Waals surface area (Å²) in [5, 5.41) is 11.2. The Kier molecular flexibility index (Phi) is 6.48. The van der Waals surface area contributed by atoms with Crippen LogP contribution in [0, 0.1) is 17.8 Å². The lowest BCUT2D eigenvalue weighted by Gasteiger charge is -2.42. The van der Waals surface area contributed by atoms with Crippen LogP contribution in [0.1, 0.15) is 48.5 Å². The van der Waals surface area contributed by atoms with Crippen molar-refractivity contribution in [2.45, 2.75) is 32.6 Å². The van der Waals surface area contributed by atoms with Gasteiger partial charge in [0.05, 0.1) is 31.7 Å². The number of rotatable bonds is 5. The van der Waals surface area contributed by atoms with Crippen LogP contribution in [0.4, 0.5) is 5.69 Å². The predicted molar refractivity (Wildman–Crippen MR) is 151 cm³/mol. The van der Waals surface area contributed by atoms with Gasteiger partial charge in [-0.1, -0.05) is 11.6 Å². The number of hydrogen-bond donors (Lipinski definition) is 1. The van der Waals surface area contributed by atoms with E-state index < -0.39 is 29.6 Å². The number of phenols is 1. The Morgan fingerprint density at radius 3 is 2.33 bits per heavy atom. The molecule has 3 aliphatic carbocycles. The van der Waals surface area contributed by atoms with Gasteiger partial charge in [0.25, 0.3) is 0 Å². The minimum Gasteiger partial charge on any atom is -0.507 e. The van der Waals surface area contributed by atoms with E-state index >= 15 is 0 Å². The number of aromatic hydroxyl groups is 1. The molecule has 4 aliphatic rings. The third kappa shape index (κ3) is 3.94. The van der Waals surface area contributed by atoms with Crippen molar-refractivity contribution in [1.29, 1.82) is 0 Å². The van der Waals surface area contributed by atoms with E-state index in [4.69, 9.17) is 9.47 Å². The number of benzene rings is 2. The maximum atomic E-state index is 14.1. The summed E-state index contributed by atoms with van der Waals surface area (Å²) in [7, 11) is 2.89. The fraction of sp³-hybridized carbons (Fsp3) is 0.303. The molecule has 214 valence electrons. The number of amides is 2. The third-order valence-electron chi connectivity index (χ3n) is 8.93. The lowest BCUT2D eigenvalue weighted by atomic mass is 9.59. The number of carbonyl (C=O) groups is 5. The first-order chi connectivity index (χ1) is 20.1. The number of hydrogen-bond acceptors (Lipinski definition) is 8. The average Bonchev–Trinajstić information content (AvgIpc) is 3.23. The zero-order valence-electron chi connectivity index (χ0n) is 23.6. The van der Waals surface area contributed by atoms with Crippen molar-refractivity contribution < 1.29 is 38.6 Å². The number of imide groups is 1. The number of methoxy groups -OCH3 is 2. The van der Waals surface area contributed by atoms with Crippen LogP contribution in [0.5, 0.6) is 17.2 Å². The number of nitrogens with zero attached hydrogens (tertiary/aromatic N) is 1. The molecule has 1 N–H and O–H groups in total. The molecule has 0 spiro atoms. The first-order valence-electron chi connectivity index (χ1n) is 13.7. The number of anilines is 1. The molecule has 1 fully saturated rings. The van der Waals surface area contributed by atoms with E-state index in [2.05, 4.69) is 0 Å². The van der Waals surface area contributed by atoms with Gasteiger partial charge >= 0.3 is 0 Å². The zero-order valence-corrected chi connectivity index (χ0v) is 23.6. The van der Waals surface area contributed by atoms with E-state index in [1.165, 1.54) is 38.2 Å². The number of Topliss-reactive ketones (excluding diaryl/α,β-unsaturated/α-hetero) is 2. The molecule has 0 radical (unpaired) electrons. The largest absolute Gasteiger partial charge is 0.507 e. The van der Waals surface area contributed by atoms with E-state index in [-0.39, 0.29) is 58.7 Å². The van der Waals surface area contributed by atoms with E-state index in [0.29, 0.717) is 33.7 Å². The summed E-state index contributed by atoms with van der Waals surface area (Å²) in [4.78, 5) is 67.7. The molecule has 0 bridgehead atoms. The van der Waals surface area contributed by atoms with Crippen LogP contribution in [0.15, 0.2) is 70.8 Å². The monoisotopic (exact) mass is 567 g/mol. The highest BCUT2D eigenvalue weighted by atomic mass is 16.5. The standard InChI is InChI=1S/C33H29NO8/c1-15-11-24(36)28-23(31(15)38)14-22-20(29(28)30-25(37)12-19(41-3)13-26(30)42-4)9-10-21-27(22)33(40)34(32(21)39)18-7-5-17(6-8-18)16(2)35/h5-9,11-13,21-22,27,29,37H,10,14H2,1-4H3. The number of carbonyl (C=O) groups excluding carboxylic acids is 5. The molecule has 9 nitrogen and oxygen atoms in total. The molecule has 1 aliphatic heterocycles. The quantitative estimate of drug-likeness (QED) is 0.246. The van der Waals surface area contributed by atoms with Gasteiger partial charge in [0.15, 0.2) is 17.3 Å². The number of ketones is 3. The van der Waals surface area contributed by atoms with Crippen LogP contribution >= 0.6 is 0 Å². The second-order valence-electron chi connectivity index (χ2n) is 11.1. The van der Waals surface area contributed by atoms with Crippen LogP contribution in [0.25, 0.3) is 0 Å². The third-order valence-corrected chi connectivity index (χ3v) is 8.93. The lowest BCUT2D eigenvalue weighted by molar-refractivity contribution is -0.123. The summed E-state index contributed by atoms with van der Waals surface area (Å²) in [6.45, 7) is 3.02. The summed E-state index contributed by atoms with van der Waals surface area (Å²) >= 11 is 0. The van der Waals surface area contributed by atoms with Crippen LogP contribution in [0.3, 0.4) is 0 Å². The van der Waals surface area contributed by atoms with Crippen molar-refractivity contribution in [3.63, 3.8) is 0 Å². The van der Waals surface area contributed by atoms with E-state index in [0.717, 1.165) is 0 Å². The topological polar surface area (TPSA) is 127 Å². The Hall–Kier alpha value is -4.79. The molecule has 2 amide bonds. The molecule has 2 aromatic rings. The van der Waals surface area contributed by atoms with Gasteiger partial charge < -0.3 is 14.6 Å². The Labute approximate surface area is 242 Å². The molecule has 0 saturated carbocycles. The second kappa shape index (κ2) is 9.94. The molecule has 2 aromatic carbocycles. The summed E-state index contributed by atoms with van der Waals surface area (Å²) in [6.07, 6.45) is 3.55. The van der Waals surface area contributed by atoms with Crippen LogP contribution < -0.4 is 14.4 Å². The number of ether oxygens (including phenoxy) is 2. The van der Waals surface area contributed by atoms with Gasteiger partial charge in [0.2, 0.25) is 11.8 Å². The van der Waals surface area contributed by atoms with Gasteiger partial charge in [0.1, 0.15) is 17.2 Å². The summed E-state index contributed by atoms with van der Waals surface area (Å²) in [5.41, 5.74) is 2.65. The average molecular weight is 568 g/mol. The first-order valence-corrected chi connectivity index (χ1v) is 13.7. The predicted octanol–water partition coefficient (Wildman–Crippen LogP) is 4.25. The van der Waals surface area contributed by atoms with Crippen LogP contribution in [-0.4, -0.2) is 48.5 Å². The van der Waals surface area contributed by atoms with E-state index in [9.17, 15) is 29.1 Å². The van der Waals surface area contributed by atoms with Crippen molar-refractivity contribution in [3.8, 4) is 17.2 Å². The van der Waals surface area contributed by atoms with Crippen molar-refractivity contribution >= 4 is 34.9 Å². The van der Waals surface area contributed by atoms with Crippen LogP contribution in [0.2, 0.25) is 0 Å². The highest BCUT2D eigenvalue weighted by Gasteiger charge is 2.57. The van der Waals surface area contributed by atoms with Crippen molar-refractivity contribution in [2.75, 3.05) is 19.1 Å². The van der Waals surface area contributed by atoms with Gasteiger partial charge in [-0.25, -0.2) is 0 Å². The normalized spacial score (nSPS) is 25.0. The number of allylic oxidation sites excluding steroid dienone is 6. The van der Waals surface area contributed by atoms with Gasteiger partial charge in [-0.15, -0.1) is 0 Å². The fourth-order valence-corrected chi connectivity index (χ4v) is 6.98. The Morgan fingerprint density at radius 1 is 0.976 bits per heavy atom. The second-order valence-corrected chi connectivity index (χ2v) is 11.1. The lowest BCUT2D eigenvalue weighted by Crippen LogP contribution is -2.40. The maximum Gasteiger partial charge on any atom is 0.238 e. The van der Waals surface area contributed by atoms with Crippen molar-refractivity contribution in [1.82, 2.24) is 0 Å². The molecule has 4 unspecified atom stereocenters. The van der Waals surface area contributed by atoms with Gasteiger partial charge in [-0.2, -0.15) is 0 Å². The number of phenolic OH excluding ortho intramolecular Hbond substituents is 1. The van der Waals surface area contributed by atoms with Gasteiger partial charge in [0, 0.05) is 45.9 Å². The maximum absolute atomic E-state index is 14.1. The molecule has 6 rings (SSSR count). The molecule has 9 heteroatoms. The Morgan fingerprint density at radius 2 is 1.69 bits per heavy atom. The minimum absolute atomic E-state index is 0.115. The summed E-state index contributed by atoms with van der Waals surface area (Å²) in [6, 6.07) is 9.34.